The van der Waals surface area contributed by atoms with Crippen molar-refractivity contribution in [3.8, 4) is 0 Å². The van der Waals surface area contributed by atoms with E-state index in [4.69, 9.17) is 5.11 Å². The maximum absolute atomic E-state index is 11.8. The fourth-order valence-electron chi connectivity index (χ4n) is 2.37. The highest BCUT2D eigenvalue weighted by molar-refractivity contribution is 5.86. The number of nitrogens with one attached hydrogen (secondary N) is 2. The van der Waals surface area contributed by atoms with E-state index in [0.29, 0.717) is 6.42 Å². The lowest BCUT2D eigenvalue weighted by atomic mass is 9.86. The van der Waals surface area contributed by atoms with Crippen molar-refractivity contribution in [2.75, 3.05) is 0 Å². The Morgan fingerprint density at radius 1 is 1.04 bits per heavy atom. The molecule has 2 rings (SSSR count). The van der Waals surface area contributed by atoms with E-state index in [-0.39, 0.29) is 23.1 Å². The van der Waals surface area contributed by atoms with Crippen LogP contribution in [0.3, 0.4) is 0 Å². The van der Waals surface area contributed by atoms with E-state index in [1.54, 1.807) is 0 Å². The normalized spacial score (nSPS) is 11.4. The molecule has 122 valence electrons. The zero-order valence-electron chi connectivity index (χ0n) is 13.4. The topological polar surface area (TPSA) is 103 Å². The first-order valence-electron chi connectivity index (χ1n) is 7.36. The van der Waals surface area contributed by atoms with Crippen LogP contribution in [0.2, 0.25) is 0 Å². The summed E-state index contributed by atoms with van der Waals surface area (Å²) in [5.41, 5.74) is 0.532. The first-order valence-corrected chi connectivity index (χ1v) is 7.36. The Kier molecular flexibility index (Phi) is 4.54. The van der Waals surface area contributed by atoms with Gasteiger partial charge in [-0.25, -0.2) is 9.59 Å². The molecule has 0 aliphatic carbocycles. The molecule has 0 aliphatic rings. The maximum atomic E-state index is 11.8. The molecule has 0 spiro atoms. The van der Waals surface area contributed by atoms with Crippen molar-refractivity contribution in [1.82, 2.24) is 9.97 Å². The Labute approximate surface area is 133 Å². The molecular formula is C17H20N2O4. The molecule has 0 fully saturated rings. The largest absolute Gasteiger partial charge is 0.477 e. The van der Waals surface area contributed by atoms with Crippen LogP contribution in [-0.4, -0.2) is 21.0 Å². The second-order valence-electron chi connectivity index (χ2n) is 6.51. The molecule has 3 N–H and O–H groups in total. The van der Waals surface area contributed by atoms with Crippen molar-refractivity contribution >= 4 is 5.97 Å². The van der Waals surface area contributed by atoms with Gasteiger partial charge in [-0.15, -0.1) is 0 Å². The smallest absolute Gasteiger partial charge is 0.352 e. The third-order valence-corrected chi connectivity index (χ3v) is 3.74. The predicted octanol–water partition coefficient (Wildman–Crippen LogP) is 1.84. The number of aromatic carboxylic acids is 1. The average Bonchev–Trinajstić information content (AvgIpc) is 2.45. The van der Waals surface area contributed by atoms with Crippen LogP contribution in [0.15, 0.2) is 33.9 Å². The molecule has 1 aromatic carbocycles. The van der Waals surface area contributed by atoms with Gasteiger partial charge >= 0.3 is 11.7 Å². The Balaban J connectivity index is 2.23. The Bertz CT molecular complexity index is 823. The van der Waals surface area contributed by atoms with Gasteiger partial charge in [-0.3, -0.25) is 9.78 Å². The minimum absolute atomic E-state index is 0.0606. The molecule has 2 aromatic rings. The van der Waals surface area contributed by atoms with Gasteiger partial charge in [0.2, 0.25) is 0 Å². The van der Waals surface area contributed by atoms with Gasteiger partial charge in [0.05, 0.1) is 0 Å². The van der Waals surface area contributed by atoms with Gasteiger partial charge in [-0.2, -0.15) is 0 Å². The number of H-pyrrole nitrogens is 2. The molecule has 0 atom stereocenters. The molecule has 0 saturated carbocycles. The van der Waals surface area contributed by atoms with Crippen molar-refractivity contribution in [2.45, 2.75) is 39.0 Å². The molecule has 0 unspecified atom stereocenters. The minimum Gasteiger partial charge on any atom is -0.477 e. The number of hydrogen-bond acceptors (Lipinski definition) is 3. The van der Waals surface area contributed by atoms with E-state index < -0.39 is 17.2 Å². The standard InChI is InChI=1S/C17H20N2O4/c1-17(2,3)11-7-4-10(5-8-11)6-9-12-13(15(21)22)18-16(23)19-14(12)20/h4-5,7-8H,6,9H2,1-3H3,(H,21,22)(H2,18,19,20,23). The number of rotatable bonds is 4. The molecule has 0 amide bonds. The third kappa shape index (κ3) is 3.97. The first kappa shape index (κ1) is 16.7. The Morgan fingerprint density at radius 3 is 2.17 bits per heavy atom. The van der Waals surface area contributed by atoms with Crippen LogP contribution < -0.4 is 11.2 Å². The van der Waals surface area contributed by atoms with Crippen LogP contribution >= 0.6 is 0 Å². The summed E-state index contributed by atoms with van der Waals surface area (Å²) >= 11 is 0. The summed E-state index contributed by atoms with van der Waals surface area (Å²) in [5, 5.41) is 9.11. The molecular weight excluding hydrogens is 296 g/mol. The SMILES string of the molecule is CC(C)(C)c1ccc(CCc2c(C(=O)O)[nH]c(=O)[nH]c2=O)cc1. The number of aromatic amines is 2. The van der Waals surface area contributed by atoms with Crippen molar-refractivity contribution < 1.29 is 9.90 Å². The summed E-state index contributed by atoms with van der Waals surface area (Å²) in [5.74, 6) is -1.31. The van der Waals surface area contributed by atoms with Gasteiger partial charge in [0.25, 0.3) is 5.56 Å². The fourth-order valence-corrected chi connectivity index (χ4v) is 2.37. The molecule has 0 saturated heterocycles. The summed E-state index contributed by atoms with van der Waals surface area (Å²) < 4.78 is 0. The highest BCUT2D eigenvalue weighted by atomic mass is 16.4. The maximum Gasteiger partial charge on any atom is 0.352 e. The highest BCUT2D eigenvalue weighted by Crippen LogP contribution is 2.22. The summed E-state index contributed by atoms with van der Waals surface area (Å²) in [7, 11) is 0. The van der Waals surface area contributed by atoms with E-state index in [9.17, 15) is 14.4 Å². The lowest BCUT2D eigenvalue weighted by Gasteiger charge is -2.19. The van der Waals surface area contributed by atoms with Crippen LogP contribution in [0, 0.1) is 0 Å². The average molecular weight is 316 g/mol. The van der Waals surface area contributed by atoms with Crippen LogP contribution in [0.5, 0.6) is 0 Å². The molecule has 1 aromatic heterocycles. The van der Waals surface area contributed by atoms with Gasteiger partial charge < -0.3 is 10.1 Å². The third-order valence-electron chi connectivity index (χ3n) is 3.74. The predicted molar refractivity (Wildman–Crippen MR) is 87.2 cm³/mol. The number of carboxylic acid groups (broad SMARTS) is 1. The van der Waals surface area contributed by atoms with Gasteiger partial charge in [0.1, 0.15) is 5.69 Å². The summed E-state index contributed by atoms with van der Waals surface area (Å²) in [6.45, 7) is 6.38. The summed E-state index contributed by atoms with van der Waals surface area (Å²) in [6.07, 6.45) is 0.752. The molecule has 6 heteroatoms. The number of carbonyl (C=O) groups is 1. The van der Waals surface area contributed by atoms with Gasteiger partial charge in [-0.1, -0.05) is 45.0 Å². The van der Waals surface area contributed by atoms with Gasteiger partial charge in [0, 0.05) is 5.56 Å². The van der Waals surface area contributed by atoms with E-state index in [2.05, 4.69) is 30.7 Å². The van der Waals surface area contributed by atoms with E-state index in [1.165, 1.54) is 5.56 Å². The van der Waals surface area contributed by atoms with Crippen molar-refractivity contribution in [3.63, 3.8) is 0 Å². The highest BCUT2D eigenvalue weighted by Gasteiger charge is 2.16. The lowest BCUT2D eigenvalue weighted by molar-refractivity contribution is 0.0688. The molecule has 23 heavy (non-hydrogen) atoms. The molecule has 1 heterocycles. The Morgan fingerprint density at radius 2 is 1.65 bits per heavy atom. The second kappa shape index (κ2) is 6.24. The van der Waals surface area contributed by atoms with Crippen molar-refractivity contribution in [1.29, 1.82) is 0 Å². The summed E-state index contributed by atoms with van der Waals surface area (Å²) in [4.78, 5) is 38.4. The summed E-state index contributed by atoms with van der Waals surface area (Å²) in [6, 6.07) is 8.01. The number of carboxylic acids is 1. The Hall–Kier alpha value is -2.63. The zero-order chi connectivity index (χ0) is 17.2. The monoisotopic (exact) mass is 316 g/mol. The molecule has 6 nitrogen and oxygen atoms in total. The fraction of sp³-hybridized carbons (Fsp3) is 0.353. The lowest BCUT2D eigenvalue weighted by Crippen LogP contribution is -2.30. The quantitative estimate of drug-likeness (QED) is 0.800. The number of hydrogen-bond donors (Lipinski definition) is 3. The molecule has 0 aliphatic heterocycles. The van der Waals surface area contributed by atoms with E-state index >= 15 is 0 Å². The van der Waals surface area contributed by atoms with Crippen molar-refractivity contribution in [2.24, 2.45) is 0 Å². The number of aryl methyl sites for hydroxylation is 1. The van der Waals surface area contributed by atoms with Gasteiger partial charge in [-0.05, 0) is 29.4 Å². The number of benzene rings is 1. The van der Waals surface area contributed by atoms with E-state index in [1.807, 2.05) is 24.3 Å². The van der Waals surface area contributed by atoms with E-state index in [0.717, 1.165) is 5.56 Å². The zero-order valence-corrected chi connectivity index (χ0v) is 13.4. The second-order valence-corrected chi connectivity index (χ2v) is 6.51. The van der Waals surface area contributed by atoms with Crippen molar-refractivity contribution in [3.05, 3.63) is 67.5 Å². The van der Waals surface area contributed by atoms with Crippen LogP contribution in [0.4, 0.5) is 0 Å². The van der Waals surface area contributed by atoms with Crippen LogP contribution in [0.25, 0.3) is 0 Å². The van der Waals surface area contributed by atoms with Crippen LogP contribution in [0.1, 0.15) is 48.0 Å². The molecule has 0 radical (unpaired) electrons. The molecule has 0 bridgehead atoms. The van der Waals surface area contributed by atoms with Gasteiger partial charge in [0.15, 0.2) is 0 Å². The number of aromatic nitrogens is 2. The first-order chi connectivity index (χ1) is 10.7. The van der Waals surface area contributed by atoms with Crippen LogP contribution in [-0.2, 0) is 18.3 Å². The minimum atomic E-state index is -1.31.